The van der Waals surface area contributed by atoms with Crippen LogP contribution in [0.2, 0.25) is 0 Å². The van der Waals surface area contributed by atoms with Crippen molar-refractivity contribution in [2.24, 2.45) is 11.7 Å². The molecule has 3 N–H and O–H groups in total. The molecule has 2 amide bonds. The Morgan fingerprint density at radius 2 is 1.91 bits per heavy atom. The Kier molecular flexibility index (Phi) is 6.65. The van der Waals surface area contributed by atoms with E-state index in [9.17, 15) is 22.8 Å². The maximum Gasteiger partial charge on any atom is 0.471 e. The molecule has 2 saturated heterocycles. The molecule has 0 spiro atoms. The number of fused-ring (bicyclic) bond motifs is 4. The second-order valence-corrected chi connectivity index (χ2v) is 12.4. The summed E-state index contributed by atoms with van der Waals surface area (Å²) in [6, 6.07) is 8.20. The molecule has 0 unspecified atom stereocenters. The Morgan fingerprint density at radius 3 is 2.55 bits per heavy atom. The highest BCUT2D eigenvalue weighted by Gasteiger charge is 2.47. The fraction of sp³-hybridized carbons (Fsp3) is 0.484. The summed E-state index contributed by atoms with van der Waals surface area (Å²) < 4.78 is 48.3. The largest absolute Gasteiger partial charge is 0.482 e. The minimum Gasteiger partial charge on any atom is -0.482 e. The molecule has 4 atom stereocenters. The Labute approximate surface area is 251 Å². The number of nitrogens with two attached hydrogens (primary N) is 1. The number of methoxy groups -OCH3 is 1. The molecule has 3 aliphatic rings. The highest BCUT2D eigenvalue weighted by molar-refractivity contribution is 5.97. The molecule has 1 aliphatic carbocycles. The zero-order valence-electron chi connectivity index (χ0n) is 24.7. The summed E-state index contributed by atoms with van der Waals surface area (Å²) in [5.41, 5.74) is 10.6. The number of pyridine rings is 2. The van der Waals surface area contributed by atoms with Gasteiger partial charge in [0.1, 0.15) is 17.0 Å². The minimum atomic E-state index is -4.98. The van der Waals surface area contributed by atoms with Gasteiger partial charge in [0.05, 0.1) is 30.2 Å². The summed E-state index contributed by atoms with van der Waals surface area (Å²) >= 11 is 0. The van der Waals surface area contributed by atoms with Crippen molar-refractivity contribution in [3.63, 3.8) is 0 Å². The lowest BCUT2D eigenvalue weighted by Gasteiger charge is -2.23. The van der Waals surface area contributed by atoms with Crippen molar-refractivity contribution >= 4 is 28.5 Å². The highest BCUT2D eigenvalue weighted by atomic mass is 19.4. The Morgan fingerprint density at radius 1 is 1.14 bits per heavy atom. The number of aromatic nitrogens is 4. The normalized spacial score (nSPS) is 22.2. The standard InChI is InChI=1S/C31H34F3N7O3/c1-15(36-30(43)31(32,33)34)22-8-6-18-10-24(39(28(18)37-22)14-17-4-5-17)27-16(2)40-25(38-27)11-19(12-26(40)44-3)29(42)41-20-7-9-23(41)21(35)13-20/h6,8,10-12,15,17,20-21,23H,4-5,7,9,13-14,35H2,1-3H3,(H,36,43)/t15-,20+,21-,23-/m1/s1. The zero-order valence-corrected chi connectivity index (χ0v) is 24.7. The van der Waals surface area contributed by atoms with Gasteiger partial charge in [0.25, 0.3) is 5.91 Å². The van der Waals surface area contributed by atoms with E-state index in [1.165, 1.54) is 6.92 Å². The molecule has 0 radical (unpaired) electrons. The molecular formula is C31H34F3N7O3. The van der Waals surface area contributed by atoms with Crippen LogP contribution in [-0.2, 0) is 11.3 Å². The number of rotatable bonds is 7. The molecule has 10 nitrogen and oxygen atoms in total. The summed E-state index contributed by atoms with van der Waals surface area (Å²) in [4.78, 5) is 36.9. The second kappa shape index (κ2) is 10.2. The number of carbonyl (C=O) groups is 2. The van der Waals surface area contributed by atoms with E-state index in [4.69, 9.17) is 20.4 Å². The van der Waals surface area contributed by atoms with Crippen LogP contribution >= 0.6 is 0 Å². The first kappa shape index (κ1) is 28.6. The second-order valence-electron chi connectivity index (χ2n) is 12.4. The fourth-order valence-corrected chi connectivity index (χ4v) is 6.97. The number of hydrogen-bond donors (Lipinski definition) is 2. The van der Waals surface area contributed by atoms with Crippen LogP contribution in [0.3, 0.4) is 0 Å². The van der Waals surface area contributed by atoms with Gasteiger partial charge >= 0.3 is 12.1 Å². The van der Waals surface area contributed by atoms with E-state index in [0.717, 1.165) is 48.9 Å². The molecular weight excluding hydrogens is 575 g/mol. The van der Waals surface area contributed by atoms with Crippen molar-refractivity contribution in [1.29, 1.82) is 0 Å². The molecule has 44 heavy (non-hydrogen) atoms. The fourth-order valence-electron chi connectivity index (χ4n) is 6.97. The SMILES string of the molecule is COc1cc(C(=O)N2[C@H]3CC[C@@H]2[C@H](N)C3)cc2nc(-c3cc4ccc([C@@H](C)NC(=O)C(F)(F)F)nc4n3CC3CC3)c(C)n12. The van der Waals surface area contributed by atoms with Gasteiger partial charge in [0, 0.05) is 41.7 Å². The number of aryl methyl sites for hydroxylation is 1. The molecule has 232 valence electrons. The lowest BCUT2D eigenvalue weighted by atomic mass is 9.97. The molecule has 2 aliphatic heterocycles. The molecule has 0 aromatic carbocycles. The number of amides is 2. The van der Waals surface area contributed by atoms with Crippen molar-refractivity contribution in [3.05, 3.63) is 47.3 Å². The molecule has 7 rings (SSSR count). The van der Waals surface area contributed by atoms with Gasteiger partial charge in [0.2, 0.25) is 0 Å². The van der Waals surface area contributed by atoms with Crippen LogP contribution in [0, 0.1) is 12.8 Å². The van der Waals surface area contributed by atoms with Crippen molar-refractivity contribution < 1.29 is 27.5 Å². The first-order valence-electron chi connectivity index (χ1n) is 15.0. The van der Waals surface area contributed by atoms with Gasteiger partial charge in [-0.1, -0.05) is 0 Å². The van der Waals surface area contributed by atoms with Crippen LogP contribution in [0.15, 0.2) is 30.3 Å². The number of nitrogens with zero attached hydrogens (tertiary/aromatic N) is 5. The number of hydrogen-bond acceptors (Lipinski definition) is 6. The predicted octanol–water partition coefficient (Wildman–Crippen LogP) is 4.52. The van der Waals surface area contributed by atoms with Crippen molar-refractivity contribution in [2.45, 2.75) is 82.8 Å². The first-order valence-corrected chi connectivity index (χ1v) is 15.0. The summed E-state index contributed by atoms with van der Waals surface area (Å²) in [6.45, 7) is 4.09. The third-order valence-electron chi connectivity index (χ3n) is 9.39. The Balaban J connectivity index is 1.30. The highest BCUT2D eigenvalue weighted by Crippen LogP contribution is 2.40. The van der Waals surface area contributed by atoms with E-state index < -0.39 is 18.1 Å². The van der Waals surface area contributed by atoms with Crippen LogP contribution in [0.25, 0.3) is 28.1 Å². The first-order chi connectivity index (χ1) is 20.9. The molecule has 2 bridgehead atoms. The van der Waals surface area contributed by atoms with E-state index in [-0.39, 0.29) is 24.0 Å². The van der Waals surface area contributed by atoms with Gasteiger partial charge in [-0.05, 0) is 76.1 Å². The maximum atomic E-state index is 13.7. The summed E-state index contributed by atoms with van der Waals surface area (Å²) in [7, 11) is 1.56. The van der Waals surface area contributed by atoms with E-state index in [0.29, 0.717) is 46.6 Å². The van der Waals surface area contributed by atoms with Gasteiger partial charge in [-0.2, -0.15) is 13.2 Å². The third-order valence-corrected chi connectivity index (χ3v) is 9.39. The topological polar surface area (TPSA) is 120 Å². The van der Waals surface area contributed by atoms with E-state index in [1.54, 1.807) is 31.4 Å². The van der Waals surface area contributed by atoms with Crippen molar-refractivity contribution in [3.8, 4) is 17.3 Å². The summed E-state index contributed by atoms with van der Waals surface area (Å²) in [5, 5.41) is 2.80. The number of alkyl halides is 3. The molecule has 13 heteroatoms. The lowest BCUT2D eigenvalue weighted by Crippen LogP contribution is -2.40. The number of nitrogens with one attached hydrogen (secondary N) is 1. The Hall–Kier alpha value is -4.13. The molecule has 4 aromatic heterocycles. The van der Waals surface area contributed by atoms with Crippen LogP contribution < -0.4 is 15.8 Å². The quantitative estimate of drug-likeness (QED) is 0.318. The molecule has 1 saturated carbocycles. The van der Waals surface area contributed by atoms with Gasteiger partial charge in [-0.15, -0.1) is 0 Å². The number of imidazole rings is 1. The number of ether oxygens (including phenoxy) is 1. The van der Waals surface area contributed by atoms with Crippen LogP contribution in [0.1, 0.15) is 66.8 Å². The summed E-state index contributed by atoms with van der Waals surface area (Å²) in [6.07, 6.45) is -0.143. The Bertz CT molecular complexity index is 1810. The van der Waals surface area contributed by atoms with Crippen LogP contribution in [0.4, 0.5) is 13.2 Å². The smallest absolute Gasteiger partial charge is 0.471 e. The van der Waals surface area contributed by atoms with Gasteiger partial charge in [-0.3, -0.25) is 14.0 Å². The van der Waals surface area contributed by atoms with E-state index >= 15 is 0 Å². The number of halogens is 3. The van der Waals surface area contributed by atoms with E-state index in [2.05, 4.69) is 4.57 Å². The minimum absolute atomic E-state index is 0.00462. The third kappa shape index (κ3) is 4.68. The maximum absolute atomic E-state index is 13.7. The molecule has 3 fully saturated rings. The average molecular weight is 610 g/mol. The summed E-state index contributed by atoms with van der Waals surface area (Å²) in [5.74, 6) is -1.14. The van der Waals surface area contributed by atoms with Gasteiger partial charge in [0.15, 0.2) is 5.88 Å². The lowest BCUT2D eigenvalue weighted by molar-refractivity contribution is -0.174. The number of carbonyl (C=O) groups excluding carboxylic acids is 2. The van der Waals surface area contributed by atoms with Gasteiger partial charge in [-0.25, -0.2) is 9.97 Å². The average Bonchev–Trinajstić information content (AvgIpc) is 3.31. The monoisotopic (exact) mass is 609 g/mol. The van der Waals surface area contributed by atoms with Crippen LogP contribution in [0.5, 0.6) is 5.88 Å². The predicted molar refractivity (Wildman–Crippen MR) is 156 cm³/mol. The van der Waals surface area contributed by atoms with Crippen LogP contribution in [-0.4, -0.2) is 67.1 Å². The molecule has 4 aromatic rings. The van der Waals surface area contributed by atoms with E-state index in [1.807, 2.05) is 27.6 Å². The molecule has 6 heterocycles. The zero-order chi connectivity index (χ0) is 31.1. The van der Waals surface area contributed by atoms with Crippen molar-refractivity contribution in [1.82, 2.24) is 29.2 Å². The van der Waals surface area contributed by atoms with Gasteiger partial charge < -0.3 is 25.3 Å². The van der Waals surface area contributed by atoms with Crippen molar-refractivity contribution in [2.75, 3.05) is 7.11 Å².